The van der Waals surface area contributed by atoms with Crippen LogP contribution in [0.2, 0.25) is 0 Å². The van der Waals surface area contributed by atoms with Crippen molar-refractivity contribution in [2.75, 3.05) is 38.2 Å². The molecule has 0 saturated heterocycles. The molecule has 0 saturated carbocycles. The molecule has 1 N–H and O–H groups in total. The van der Waals surface area contributed by atoms with Gasteiger partial charge < -0.3 is 10.2 Å². The number of rotatable bonds is 9. The summed E-state index contributed by atoms with van der Waals surface area (Å²) in [6, 6.07) is 0. The molecule has 0 atom stereocenters. The molecule has 0 heterocycles. The zero-order valence-corrected chi connectivity index (χ0v) is 13.2. The maximum Gasteiger partial charge on any atom is 0.193 e. The molecular formula is C13H27N3O2S. The number of guanidine groups is 1. The number of unbranched alkanes of at least 4 members (excludes halogenated alkanes) is 1. The first-order valence-corrected chi connectivity index (χ1v) is 8.59. The molecular weight excluding hydrogens is 262 g/mol. The Morgan fingerprint density at radius 2 is 2.11 bits per heavy atom. The van der Waals surface area contributed by atoms with Gasteiger partial charge in [0, 0.05) is 25.9 Å². The lowest BCUT2D eigenvalue weighted by atomic mass is 10.3. The summed E-state index contributed by atoms with van der Waals surface area (Å²) in [4.78, 5) is 6.37. The van der Waals surface area contributed by atoms with Crippen molar-refractivity contribution in [3.8, 4) is 0 Å². The fourth-order valence-corrected chi connectivity index (χ4v) is 2.14. The first-order chi connectivity index (χ1) is 8.96. The molecule has 19 heavy (non-hydrogen) atoms. The van der Waals surface area contributed by atoms with E-state index in [2.05, 4.69) is 16.9 Å². The summed E-state index contributed by atoms with van der Waals surface area (Å²) in [7, 11) is -0.986. The topological polar surface area (TPSA) is 61.8 Å². The maximum absolute atomic E-state index is 11.4. The lowest BCUT2D eigenvalue weighted by molar-refractivity contribution is 0.470. The third-order valence-corrected chi connectivity index (χ3v) is 4.39. The van der Waals surface area contributed by atoms with Crippen LogP contribution in [0, 0.1) is 0 Å². The van der Waals surface area contributed by atoms with Gasteiger partial charge in [-0.25, -0.2) is 8.42 Å². The molecule has 0 aliphatic carbocycles. The number of sulfone groups is 1. The maximum atomic E-state index is 11.4. The number of hydrogen-bond acceptors (Lipinski definition) is 3. The van der Waals surface area contributed by atoms with E-state index < -0.39 is 9.84 Å². The van der Waals surface area contributed by atoms with E-state index in [1.807, 2.05) is 24.9 Å². The molecule has 0 aliphatic rings. The van der Waals surface area contributed by atoms with Gasteiger partial charge in [-0.05, 0) is 19.8 Å². The van der Waals surface area contributed by atoms with Crippen molar-refractivity contribution in [2.24, 2.45) is 4.99 Å². The number of hydrogen-bond donors (Lipinski definition) is 1. The minimum absolute atomic E-state index is 0.110. The first kappa shape index (κ1) is 18.0. The largest absolute Gasteiger partial charge is 0.357 e. The molecule has 0 aromatic heterocycles. The average molecular weight is 289 g/mol. The summed E-state index contributed by atoms with van der Waals surface area (Å²) < 4.78 is 22.8. The van der Waals surface area contributed by atoms with Crippen molar-refractivity contribution in [2.45, 2.75) is 26.7 Å². The lowest BCUT2D eigenvalue weighted by Crippen LogP contribution is -2.39. The Morgan fingerprint density at radius 1 is 1.42 bits per heavy atom. The van der Waals surface area contributed by atoms with Gasteiger partial charge in [0.05, 0.1) is 12.3 Å². The zero-order valence-electron chi connectivity index (χ0n) is 12.4. The molecule has 112 valence electrons. The summed E-state index contributed by atoms with van der Waals surface area (Å²) in [5, 5.41) is 3.17. The van der Waals surface area contributed by atoms with E-state index >= 15 is 0 Å². The number of nitrogens with zero attached hydrogens (tertiary/aromatic N) is 2. The normalized spacial score (nSPS) is 12.3. The van der Waals surface area contributed by atoms with Crippen LogP contribution in [-0.2, 0) is 9.84 Å². The Balaban J connectivity index is 4.40. The molecule has 0 amide bonds. The van der Waals surface area contributed by atoms with Gasteiger partial charge in [0.1, 0.15) is 0 Å². The minimum Gasteiger partial charge on any atom is -0.357 e. The summed E-state index contributed by atoms with van der Waals surface area (Å²) in [5.41, 5.74) is 0. The van der Waals surface area contributed by atoms with E-state index in [1.165, 1.54) is 0 Å². The van der Waals surface area contributed by atoms with Gasteiger partial charge in [-0.1, -0.05) is 13.0 Å². The highest BCUT2D eigenvalue weighted by Gasteiger charge is 2.08. The molecule has 0 aromatic carbocycles. The summed E-state index contributed by atoms with van der Waals surface area (Å²) in [6.45, 7) is 9.30. The Kier molecular flexibility index (Phi) is 9.30. The zero-order chi connectivity index (χ0) is 14.7. The van der Waals surface area contributed by atoms with Crippen LogP contribution in [0.4, 0.5) is 0 Å². The molecule has 6 heteroatoms. The van der Waals surface area contributed by atoms with E-state index in [9.17, 15) is 8.42 Å². The molecule has 5 nitrogen and oxygen atoms in total. The van der Waals surface area contributed by atoms with Crippen LogP contribution in [0.3, 0.4) is 0 Å². The van der Waals surface area contributed by atoms with E-state index in [1.54, 1.807) is 6.92 Å². The monoisotopic (exact) mass is 289 g/mol. The second kappa shape index (κ2) is 9.83. The molecule has 0 bridgehead atoms. The summed E-state index contributed by atoms with van der Waals surface area (Å²) in [5.74, 6) is 1.05. The average Bonchev–Trinajstić information content (AvgIpc) is 2.38. The minimum atomic E-state index is -2.94. The van der Waals surface area contributed by atoms with Gasteiger partial charge in [0.25, 0.3) is 0 Å². The van der Waals surface area contributed by atoms with Crippen LogP contribution in [0.15, 0.2) is 17.6 Å². The second-order valence-electron chi connectivity index (χ2n) is 4.32. The molecule has 0 unspecified atom stereocenters. The Hall–Kier alpha value is -1.04. The number of allylic oxidation sites excluding steroid dienone is 1. The third kappa shape index (κ3) is 8.64. The van der Waals surface area contributed by atoms with Gasteiger partial charge in [-0.3, -0.25) is 4.99 Å². The standard InChI is InChI=1S/C13H27N3O2S/c1-5-8-9-11-16(4)13(14-6-2)15-10-12-19(17,18)7-3/h5H,1,6-12H2,2-4H3,(H,14,15). The number of aliphatic imine (C=N–C) groups is 1. The fraction of sp³-hybridized carbons (Fsp3) is 0.769. The summed E-state index contributed by atoms with van der Waals surface area (Å²) >= 11 is 0. The quantitative estimate of drug-likeness (QED) is 0.301. The Morgan fingerprint density at radius 3 is 2.63 bits per heavy atom. The second-order valence-corrected chi connectivity index (χ2v) is 6.80. The van der Waals surface area contributed by atoms with Gasteiger partial charge in [-0.15, -0.1) is 6.58 Å². The molecule has 0 fully saturated rings. The molecule has 0 aliphatic heterocycles. The lowest BCUT2D eigenvalue weighted by Gasteiger charge is -2.21. The first-order valence-electron chi connectivity index (χ1n) is 6.77. The third-order valence-electron chi connectivity index (χ3n) is 2.70. The highest BCUT2D eigenvalue weighted by molar-refractivity contribution is 7.91. The number of nitrogens with one attached hydrogen (secondary N) is 1. The molecule has 0 radical (unpaired) electrons. The van der Waals surface area contributed by atoms with E-state index in [-0.39, 0.29) is 11.5 Å². The van der Waals surface area contributed by atoms with Crippen LogP contribution in [0.1, 0.15) is 26.7 Å². The van der Waals surface area contributed by atoms with Crippen LogP contribution in [-0.4, -0.2) is 57.5 Å². The van der Waals surface area contributed by atoms with E-state index in [0.717, 1.165) is 31.9 Å². The Labute approximate surface area is 117 Å². The molecule has 0 rings (SSSR count). The van der Waals surface area contributed by atoms with Gasteiger partial charge >= 0.3 is 0 Å². The van der Waals surface area contributed by atoms with Gasteiger partial charge in [0.15, 0.2) is 15.8 Å². The molecule has 0 spiro atoms. The van der Waals surface area contributed by atoms with Crippen molar-refractivity contribution < 1.29 is 8.42 Å². The van der Waals surface area contributed by atoms with E-state index in [0.29, 0.717) is 6.54 Å². The van der Waals surface area contributed by atoms with Gasteiger partial charge in [0.2, 0.25) is 0 Å². The SMILES string of the molecule is C=CCCCN(C)C(=NCCS(=O)(=O)CC)NCC. The van der Waals surface area contributed by atoms with E-state index in [4.69, 9.17) is 0 Å². The highest BCUT2D eigenvalue weighted by atomic mass is 32.2. The Bertz CT molecular complexity index is 377. The smallest absolute Gasteiger partial charge is 0.193 e. The van der Waals surface area contributed by atoms with Crippen molar-refractivity contribution in [1.29, 1.82) is 0 Å². The van der Waals surface area contributed by atoms with Gasteiger partial charge in [-0.2, -0.15) is 0 Å². The van der Waals surface area contributed by atoms with Crippen LogP contribution in [0.5, 0.6) is 0 Å². The predicted octanol–water partition coefficient (Wildman–Crippen LogP) is 1.28. The van der Waals surface area contributed by atoms with Crippen molar-refractivity contribution in [3.05, 3.63) is 12.7 Å². The predicted molar refractivity (Wildman–Crippen MR) is 82.4 cm³/mol. The van der Waals surface area contributed by atoms with Crippen LogP contribution in [0.25, 0.3) is 0 Å². The van der Waals surface area contributed by atoms with Crippen LogP contribution < -0.4 is 5.32 Å². The van der Waals surface area contributed by atoms with Crippen molar-refractivity contribution in [3.63, 3.8) is 0 Å². The van der Waals surface area contributed by atoms with Crippen molar-refractivity contribution >= 4 is 15.8 Å². The fourth-order valence-electron chi connectivity index (χ4n) is 1.48. The van der Waals surface area contributed by atoms with Crippen LogP contribution >= 0.6 is 0 Å². The highest BCUT2D eigenvalue weighted by Crippen LogP contribution is 1.96. The molecule has 0 aromatic rings. The van der Waals surface area contributed by atoms with Crippen molar-refractivity contribution in [1.82, 2.24) is 10.2 Å². The summed E-state index contributed by atoms with van der Waals surface area (Å²) in [6.07, 6.45) is 3.87.